The number of aliphatic carboxylic acids is 1. The van der Waals surface area contributed by atoms with Gasteiger partial charge in [0.05, 0.1) is 0 Å². The lowest BCUT2D eigenvalue weighted by atomic mass is 9.86. The van der Waals surface area contributed by atoms with Gasteiger partial charge in [0.15, 0.2) is 0 Å². The molecule has 1 aromatic rings. The minimum absolute atomic E-state index is 0.380. The summed E-state index contributed by atoms with van der Waals surface area (Å²) in [6, 6.07) is 0.749. The number of carbonyl (C=O) groups excluding carboxylic acids is 1. The normalized spacial score (nSPS) is 13.1. The highest BCUT2D eigenvalue weighted by Crippen LogP contribution is 2.21. The highest BCUT2D eigenvalue weighted by molar-refractivity contribution is 9.10. The molecule has 0 aliphatic rings. The van der Waals surface area contributed by atoms with Crippen molar-refractivity contribution in [2.45, 2.75) is 40.3 Å². The predicted molar refractivity (Wildman–Crippen MR) is 76.2 cm³/mol. The van der Waals surface area contributed by atoms with Crippen molar-refractivity contribution in [2.75, 3.05) is 0 Å². The lowest BCUT2D eigenvalue weighted by Crippen LogP contribution is -2.49. The molecule has 0 bridgehead atoms. The van der Waals surface area contributed by atoms with Crippen molar-refractivity contribution in [1.82, 2.24) is 9.88 Å². The molecule has 1 atom stereocenters. The fourth-order valence-electron chi connectivity index (χ4n) is 1.78. The summed E-state index contributed by atoms with van der Waals surface area (Å²) < 4.78 is 2.56. The molecule has 0 saturated heterocycles. The molecular weight excluding hydrogens is 312 g/mol. The molecule has 0 unspecified atom stereocenters. The third-order valence-electron chi connectivity index (χ3n) is 2.82. The number of aromatic nitrogens is 1. The number of amides is 1. The van der Waals surface area contributed by atoms with Crippen LogP contribution in [-0.2, 0) is 11.3 Å². The minimum atomic E-state index is -1.03. The van der Waals surface area contributed by atoms with Crippen LogP contribution in [0.5, 0.6) is 0 Å². The number of rotatable bonds is 4. The van der Waals surface area contributed by atoms with Crippen molar-refractivity contribution in [1.29, 1.82) is 0 Å². The van der Waals surface area contributed by atoms with E-state index in [0.717, 1.165) is 4.47 Å². The number of hydrogen-bond acceptors (Lipinski definition) is 2. The Morgan fingerprint density at radius 1 is 1.47 bits per heavy atom. The number of nitrogens with one attached hydrogen (secondary N) is 1. The van der Waals surface area contributed by atoms with Crippen LogP contribution in [0.25, 0.3) is 0 Å². The van der Waals surface area contributed by atoms with E-state index in [4.69, 9.17) is 0 Å². The topological polar surface area (TPSA) is 71.3 Å². The van der Waals surface area contributed by atoms with Gasteiger partial charge in [0.2, 0.25) is 0 Å². The molecule has 2 N–H and O–H groups in total. The van der Waals surface area contributed by atoms with E-state index >= 15 is 0 Å². The summed E-state index contributed by atoms with van der Waals surface area (Å²) >= 11 is 3.31. The van der Waals surface area contributed by atoms with Crippen molar-refractivity contribution in [3.8, 4) is 0 Å². The summed E-state index contributed by atoms with van der Waals surface area (Å²) in [6.45, 7) is 7.89. The Morgan fingerprint density at radius 3 is 2.47 bits per heavy atom. The maximum atomic E-state index is 12.2. The molecule has 106 valence electrons. The monoisotopic (exact) mass is 330 g/mol. The molecular formula is C13H19BrN2O3. The average Bonchev–Trinajstić information content (AvgIpc) is 2.65. The molecule has 1 heterocycles. The maximum absolute atomic E-state index is 12.2. The third kappa shape index (κ3) is 3.83. The highest BCUT2D eigenvalue weighted by atomic mass is 79.9. The van der Waals surface area contributed by atoms with E-state index in [0.29, 0.717) is 12.2 Å². The molecule has 19 heavy (non-hydrogen) atoms. The molecule has 0 fully saturated rings. The summed E-state index contributed by atoms with van der Waals surface area (Å²) in [4.78, 5) is 23.4. The van der Waals surface area contributed by atoms with Crippen LogP contribution < -0.4 is 5.32 Å². The van der Waals surface area contributed by atoms with Crippen LogP contribution in [0.2, 0.25) is 0 Å². The van der Waals surface area contributed by atoms with Crippen molar-refractivity contribution < 1.29 is 14.7 Å². The predicted octanol–water partition coefficient (Wildman–Crippen LogP) is 2.50. The van der Waals surface area contributed by atoms with Crippen molar-refractivity contribution >= 4 is 27.8 Å². The second-order valence-corrected chi connectivity index (χ2v) is 6.36. The van der Waals surface area contributed by atoms with Gasteiger partial charge >= 0.3 is 5.97 Å². The summed E-state index contributed by atoms with van der Waals surface area (Å²) in [6.07, 6.45) is 1.79. The van der Waals surface area contributed by atoms with Crippen molar-refractivity contribution in [2.24, 2.45) is 5.41 Å². The van der Waals surface area contributed by atoms with Crippen LogP contribution in [0.15, 0.2) is 16.7 Å². The van der Waals surface area contributed by atoms with Gasteiger partial charge in [0.1, 0.15) is 11.7 Å². The van der Waals surface area contributed by atoms with E-state index in [1.165, 1.54) is 0 Å². The Hall–Kier alpha value is -1.30. The molecule has 1 amide bonds. The van der Waals surface area contributed by atoms with Gasteiger partial charge < -0.3 is 15.0 Å². The quantitative estimate of drug-likeness (QED) is 0.890. The van der Waals surface area contributed by atoms with E-state index < -0.39 is 17.4 Å². The molecule has 0 saturated carbocycles. The number of hydrogen-bond donors (Lipinski definition) is 2. The lowest BCUT2D eigenvalue weighted by molar-refractivity contribution is -0.142. The van der Waals surface area contributed by atoms with Crippen LogP contribution in [0.3, 0.4) is 0 Å². The summed E-state index contributed by atoms with van der Waals surface area (Å²) in [5, 5.41) is 11.8. The van der Waals surface area contributed by atoms with Gasteiger partial charge in [-0.1, -0.05) is 20.8 Å². The number of nitrogens with zero attached hydrogens (tertiary/aromatic N) is 1. The molecule has 0 aliphatic heterocycles. The second kappa shape index (κ2) is 5.77. The zero-order valence-corrected chi connectivity index (χ0v) is 13.1. The Kier molecular flexibility index (Phi) is 4.79. The van der Waals surface area contributed by atoms with Gasteiger partial charge in [-0.25, -0.2) is 4.79 Å². The highest BCUT2D eigenvalue weighted by Gasteiger charge is 2.33. The fourth-order valence-corrected chi connectivity index (χ4v) is 2.24. The molecule has 1 rings (SSSR count). The van der Waals surface area contributed by atoms with Gasteiger partial charge in [0, 0.05) is 17.2 Å². The standard InChI is InChI=1S/C13H19BrN2O3/c1-5-16-7-8(14)6-9(16)11(17)15-10(12(18)19)13(2,3)4/h6-7,10H,5H2,1-4H3,(H,15,17)(H,18,19)/t10-/m0/s1. The summed E-state index contributed by atoms with van der Waals surface area (Å²) in [7, 11) is 0. The number of halogens is 1. The fraction of sp³-hybridized carbons (Fsp3) is 0.538. The zero-order chi connectivity index (χ0) is 14.8. The van der Waals surface area contributed by atoms with E-state index in [1.807, 2.05) is 6.92 Å². The van der Waals surface area contributed by atoms with Crippen LogP contribution in [0, 0.1) is 5.41 Å². The number of carboxylic acids is 1. The Balaban J connectivity index is 2.97. The number of carbonyl (C=O) groups is 2. The average molecular weight is 331 g/mol. The van der Waals surface area contributed by atoms with Gasteiger partial charge in [-0.3, -0.25) is 4.79 Å². The Morgan fingerprint density at radius 2 is 2.05 bits per heavy atom. The number of carboxylic acid groups (broad SMARTS) is 1. The first-order valence-electron chi connectivity index (χ1n) is 6.06. The minimum Gasteiger partial charge on any atom is -0.480 e. The molecule has 5 nitrogen and oxygen atoms in total. The number of aryl methyl sites for hydroxylation is 1. The molecule has 0 radical (unpaired) electrons. The Labute approximate surface area is 121 Å². The van der Waals surface area contributed by atoms with Gasteiger partial charge in [-0.2, -0.15) is 0 Å². The first-order chi connectivity index (χ1) is 8.66. The summed E-state index contributed by atoms with van der Waals surface area (Å²) in [5.74, 6) is -1.41. The molecule has 0 spiro atoms. The molecule has 0 aromatic carbocycles. The smallest absolute Gasteiger partial charge is 0.326 e. The SMILES string of the molecule is CCn1cc(Br)cc1C(=O)N[C@@H](C(=O)O)C(C)(C)C. The van der Waals surface area contributed by atoms with Gasteiger partial charge in [-0.05, 0) is 34.3 Å². The van der Waals surface area contributed by atoms with E-state index in [-0.39, 0.29) is 5.91 Å². The van der Waals surface area contributed by atoms with Crippen molar-refractivity contribution in [3.63, 3.8) is 0 Å². The van der Waals surface area contributed by atoms with Crippen LogP contribution in [0.1, 0.15) is 38.2 Å². The summed E-state index contributed by atoms with van der Waals surface area (Å²) in [5.41, 5.74) is -0.104. The van der Waals surface area contributed by atoms with E-state index in [9.17, 15) is 14.7 Å². The molecule has 1 aromatic heterocycles. The lowest BCUT2D eigenvalue weighted by Gasteiger charge is -2.27. The third-order valence-corrected chi connectivity index (χ3v) is 3.26. The van der Waals surface area contributed by atoms with Crippen LogP contribution >= 0.6 is 15.9 Å². The molecule has 0 aliphatic carbocycles. The van der Waals surface area contributed by atoms with Crippen LogP contribution in [-0.4, -0.2) is 27.6 Å². The van der Waals surface area contributed by atoms with Crippen molar-refractivity contribution in [3.05, 3.63) is 22.4 Å². The van der Waals surface area contributed by atoms with E-state index in [2.05, 4.69) is 21.2 Å². The van der Waals surface area contributed by atoms with Gasteiger partial charge in [-0.15, -0.1) is 0 Å². The molecule has 6 heteroatoms. The van der Waals surface area contributed by atoms with Crippen LogP contribution in [0.4, 0.5) is 0 Å². The van der Waals surface area contributed by atoms with E-state index in [1.54, 1.807) is 37.6 Å². The largest absolute Gasteiger partial charge is 0.480 e. The first-order valence-corrected chi connectivity index (χ1v) is 6.85. The second-order valence-electron chi connectivity index (χ2n) is 5.44. The Bertz CT molecular complexity index is 489. The van der Waals surface area contributed by atoms with Gasteiger partial charge in [0.25, 0.3) is 5.91 Å². The first kappa shape index (κ1) is 15.8. The zero-order valence-electron chi connectivity index (χ0n) is 11.5. The maximum Gasteiger partial charge on any atom is 0.326 e.